The van der Waals surface area contributed by atoms with E-state index >= 15 is 0 Å². The van der Waals surface area contributed by atoms with E-state index < -0.39 is 12.0 Å². The zero-order chi connectivity index (χ0) is 11.3. The van der Waals surface area contributed by atoms with E-state index in [1.165, 1.54) is 6.20 Å². The van der Waals surface area contributed by atoms with E-state index in [9.17, 15) is 9.59 Å². The minimum atomic E-state index is -0.667. The van der Waals surface area contributed by atoms with E-state index in [-0.39, 0.29) is 5.91 Å². The molecule has 1 heterocycles. The summed E-state index contributed by atoms with van der Waals surface area (Å²) < 4.78 is 8.29. The van der Waals surface area contributed by atoms with Gasteiger partial charge in [-0.3, -0.25) is 4.79 Å². The fourth-order valence-electron chi connectivity index (χ4n) is 0.861. The van der Waals surface area contributed by atoms with Gasteiger partial charge in [-0.05, 0) is 25.4 Å². The molecule has 1 N–H and O–H groups in total. The highest BCUT2D eigenvalue weighted by Gasteiger charge is 2.18. The van der Waals surface area contributed by atoms with Gasteiger partial charge in [-0.25, -0.2) is 4.79 Å². The van der Waals surface area contributed by atoms with Crippen molar-refractivity contribution in [3.8, 4) is 0 Å². The Balaban J connectivity index is 2.48. The Morgan fingerprint density at radius 1 is 1.67 bits per heavy atom. The molecule has 0 bridgehead atoms. The lowest BCUT2D eigenvalue weighted by molar-refractivity contribution is -0.144. The molecule has 0 saturated heterocycles. The molecule has 1 amide bonds. The molecule has 82 valence electrons. The van der Waals surface area contributed by atoms with Gasteiger partial charge in [0.2, 0.25) is 0 Å². The summed E-state index contributed by atoms with van der Waals surface area (Å²) in [6.07, 6.45) is 1.35. The zero-order valence-electron chi connectivity index (χ0n) is 8.39. The van der Waals surface area contributed by atoms with E-state index in [0.717, 1.165) is 11.5 Å². The third-order valence-electron chi connectivity index (χ3n) is 1.57. The molecule has 1 rings (SSSR count). The fourth-order valence-corrected chi connectivity index (χ4v) is 1.28. The first-order valence-electron chi connectivity index (χ1n) is 4.40. The molecule has 0 aliphatic carbocycles. The quantitative estimate of drug-likeness (QED) is 0.747. The van der Waals surface area contributed by atoms with E-state index in [1.807, 2.05) is 0 Å². The molecule has 1 atom stereocenters. The number of ether oxygens (including phenoxy) is 1. The van der Waals surface area contributed by atoms with Crippen molar-refractivity contribution in [3.05, 3.63) is 11.1 Å². The lowest BCUT2D eigenvalue weighted by Gasteiger charge is -2.11. The third-order valence-corrected chi connectivity index (χ3v) is 2.24. The van der Waals surface area contributed by atoms with Gasteiger partial charge in [-0.15, -0.1) is 5.10 Å². The van der Waals surface area contributed by atoms with Crippen LogP contribution in [-0.2, 0) is 9.53 Å². The summed E-state index contributed by atoms with van der Waals surface area (Å²) in [5.74, 6) is -0.825. The van der Waals surface area contributed by atoms with Gasteiger partial charge < -0.3 is 10.1 Å². The summed E-state index contributed by atoms with van der Waals surface area (Å²) in [7, 11) is 0. The van der Waals surface area contributed by atoms with Crippen LogP contribution in [0.2, 0.25) is 0 Å². The first kappa shape index (κ1) is 11.6. The first-order valence-corrected chi connectivity index (χ1v) is 5.17. The highest BCUT2D eigenvalue weighted by Crippen LogP contribution is 2.02. The average Bonchev–Trinajstić information content (AvgIpc) is 2.70. The van der Waals surface area contributed by atoms with E-state index in [4.69, 9.17) is 4.74 Å². The predicted octanol–water partition coefficient (Wildman–Crippen LogP) is 0.220. The molecule has 0 aliphatic heterocycles. The normalized spacial score (nSPS) is 11.9. The van der Waals surface area contributed by atoms with Crippen molar-refractivity contribution in [2.75, 3.05) is 6.61 Å². The Kier molecular flexibility index (Phi) is 4.17. The van der Waals surface area contributed by atoms with Crippen molar-refractivity contribution in [2.45, 2.75) is 19.9 Å². The largest absolute Gasteiger partial charge is 0.464 e. The van der Waals surface area contributed by atoms with Crippen LogP contribution in [0.25, 0.3) is 0 Å². The van der Waals surface area contributed by atoms with Gasteiger partial charge in [0, 0.05) is 0 Å². The summed E-state index contributed by atoms with van der Waals surface area (Å²) in [5.41, 5.74) is 0. The minimum absolute atomic E-state index is 0.293. The van der Waals surface area contributed by atoms with Crippen molar-refractivity contribution in [3.63, 3.8) is 0 Å². The van der Waals surface area contributed by atoms with Crippen LogP contribution in [0.3, 0.4) is 0 Å². The van der Waals surface area contributed by atoms with Crippen molar-refractivity contribution in [2.24, 2.45) is 0 Å². The number of amides is 1. The molecule has 1 aromatic rings. The molecule has 1 unspecified atom stereocenters. The van der Waals surface area contributed by atoms with Gasteiger partial charge in [-0.1, -0.05) is 4.49 Å². The predicted molar refractivity (Wildman–Crippen MR) is 53.5 cm³/mol. The lowest BCUT2D eigenvalue weighted by Crippen LogP contribution is -2.39. The van der Waals surface area contributed by atoms with Crippen LogP contribution in [0, 0.1) is 0 Å². The van der Waals surface area contributed by atoms with Gasteiger partial charge in [0.1, 0.15) is 10.9 Å². The maximum absolute atomic E-state index is 11.4. The van der Waals surface area contributed by atoms with Crippen LogP contribution in [0.4, 0.5) is 0 Å². The Morgan fingerprint density at radius 2 is 2.40 bits per heavy atom. The molecule has 1 aromatic heterocycles. The molecule has 0 aromatic carbocycles. The van der Waals surface area contributed by atoms with Crippen LogP contribution in [-0.4, -0.2) is 34.1 Å². The number of hydrogen-bond donors (Lipinski definition) is 1. The monoisotopic (exact) mass is 229 g/mol. The number of nitrogens with zero attached hydrogens (tertiary/aromatic N) is 2. The number of esters is 1. The number of hydrogen-bond acceptors (Lipinski definition) is 6. The molecule has 0 saturated carbocycles. The van der Waals surface area contributed by atoms with Gasteiger partial charge in [0.15, 0.2) is 0 Å². The molecule has 0 radical (unpaired) electrons. The Bertz CT molecular complexity index is 339. The van der Waals surface area contributed by atoms with E-state index in [2.05, 4.69) is 14.9 Å². The summed E-state index contributed by atoms with van der Waals surface area (Å²) in [4.78, 5) is 23.0. The van der Waals surface area contributed by atoms with Crippen molar-refractivity contribution >= 4 is 23.4 Å². The van der Waals surface area contributed by atoms with Crippen LogP contribution in [0.15, 0.2) is 6.20 Å². The maximum Gasteiger partial charge on any atom is 0.328 e. The van der Waals surface area contributed by atoms with Crippen LogP contribution < -0.4 is 5.32 Å². The highest BCUT2D eigenvalue weighted by atomic mass is 32.1. The van der Waals surface area contributed by atoms with Gasteiger partial charge in [0.25, 0.3) is 5.91 Å². The standard InChI is InChI=1S/C8H11N3O3S/c1-3-14-8(13)5(2)10-7(12)6-4-9-11-15-6/h4-5H,3H2,1-2H3,(H,10,12). The Hall–Kier alpha value is -1.50. The van der Waals surface area contributed by atoms with Crippen molar-refractivity contribution < 1.29 is 14.3 Å². The fraction of sp³-hybridized carbons (Fsp3) is 0.500. The van der Waals surface area contributed by atoms with Crippen molar-refractivity contribution in [1.29, 1.82) is 0 Å². The van der Waals surface area contributed by atoms with Crippen LogP contribution in [0.1, 0.15) is 23.5 Å². The number of aromatic nitrogens is 2. The number of nitrogens with one attached hydrogen (secondary N) is 1. The molecule has 15 heavy (non-hydrogen) atoms. The minimum Gasteiger partial charge on any atom is -0.464 e. The van der Waals surface area contributed by atoms with Gasteiger partial charge in [0.05, 0.1) is 12.8 Å². The van der Waals surface area contributed by atoms with Crippen molar-refractivity contribution in [1.82, 2.24) is 14.9 Å². The second-order valence-electron chi connectivity index (χ2n) is 2.73. The molecular weight excluding hydrogens is 218 g/mol. The number of rotatable bonds is 4. The van der Waals surface area contributed by atoms with Crippen LogP contribution in [0.5, 0.6) is 0 Å². The molecule has 6 nitrogen and oxygen atoms in total. The molecule has 0 spiro atoms. The molecule has 7 heteroatoms. The second-order valence-corrected chi connectivity index (χ2v) is 3.51. The SMILES string of the molecule is CCOC(=O)C(C)NC(=O)c1cnns1. The summed E-state index contributed by atoms with van der Waals surface area (Å²) in [6, 6.07) is -0.667. The highest BCUT2D eigenvalue weighted by molar-refractivity contribution is 7.07. The smallest absolute Gasteiger partial charge is 0.328 e. The maximum atomic E-state index is 11.4. The van der Waals surface area contributed by atoms with E-state index in [1.54, 1.807) is 13.8 Å². The molecule has 0 aliphatic rings. The van der Waals surface area contributed by atoms with Gasteiger partial charge >= 0.3 is 5.97 Å². The molecule has 0 fully saturated rings. The Labute approximate surface area is 90.8 Å². The van der Waals surface area contributed by atoms with E-state index in [0.29, 0.717) is 11.5 Å². The molecular formula is C8H11N3O3S. The second kappa shape index (κ2) is 5.40. The Morgan fingerprint density at radius 3 is 2.93 bits per heavy atom. The van der Waals surface area contributed by atoms with Gasteiger partial charge in [-0.2, -0.15) is 0 Å². The average molecular weight is 229 g/mol. The summed E-state index contributed by atoms with van der Waals surface area (Å²) >= 11 is 0.973. The lowest BCUT2D eigenvalue weighted by atomic mass is 10.3. The van der Waals surface area contributed by atoms with Crippen LogP contribution >= 0.6 is 11.5 Å². The third kappa shape index (κ3) is 3.28. The first-order chi connectivity index (χ1) is 7.15. The zero-order valence-corrected chi connectivity index (χ0v) is 9.21. The number of carbonyl (C=O) groups is 2. The topological polar surface area (TPSA) is 81.2 Å². The number of carbonyl (C=O) groups excluding carboxylic acids is 2. The summed E-state index contributed by atoms with van der Waals surface area (Å²) in [5, 5.41) is 6.01. The summed E-state index contributed by atoms with van der Waals surface area (Å²) in [6.45, 7) is 3.56.